The monoisotopic (exact) mass is 264 g/mol. The first-order valence-corrected chi connectivity index (χ1v) is 6.51. The first-order valence-electron chi connectivity index (χ1n) is 6.51. The van der Waals surface area contributed by atoms with Crippen molar-refractivity contribution in [3.8, 4) is 0 Å². The molecule has 4 nitrogen and oxygen atoms in total. The van der Waals surface area contributed by atoms with Crippen LogP contribution in [0.25, 0.3) is 10.9 Å². The fourth-order valence-corrected chi connectivity index (χ4v) is 2.47. The first kappa shape index (κ1) is 12.7. The van der Waals surface area contributed by atoms with Gasteiger partial charge in [0.25, 0.3) is 0 Å². The van der Waals surface area contributed by atoms with Crippen molar-refractivity contribution >= 4 is 10.9 Å². The third-order valence-corrected chi connectivity index (χ3v) is 3.39. The summed E-state index contributed by atoms with van der Waals surface area (Å²) in [6.45, 7) is 2.02. The third-order valence-electron chi connectivity index (χ3n) is 3.39. The molecule has 1 atom stereocenters. The van der Waals surface area contributed by atoms with E-state index in [9.17, 15) is 0 Å². The van der Waals surface area contributed by atoms with Crippen molar-refractivity contribution in [2.24, 2.45) is 5.84 Å². The second-order valence-electron chi connectivity index (χ2n) is 4.81. The molecule has 0 aliphatic rings. The molecule has 1 aromatic carbocycles. The molecule has 0 saturated heterocycles. The van der Waals surface area contributed by atoms with Gasteiger partial charge < -0.3 is 0 Å². The van der Waals surface area contributed by atoms with E-state index < -0.39 is 0 Å². The van der Waals surface area contributed by atoms with Gasteiger partial charge in [0.05, 0.1) is 11.6 Å². The lowest BCUT2D eigenvalue weighted by Gasteiger charge is -2.18. The van der Waals surface area contributed by atoms with Crippen LogP contribution in [0.15, 0.2) is 55.0 Å². The number of pyridine rings is 2. The molecule has 0 amide bonds. The Balaban J connectivity index is 2.17. The van der Waals surface area contributed by atoms with Crippen LogP contribution >= 0.6 is 0 Å². The first-order chi connectivity index (χ1) is 9.79. The number of nitrogens with two attached hydrogens (primary N) is 1. The summed E-state index contributed by atoms with van der Waals surface area (Å²) in [5, 5.41) is 1.10. The molecular weight excluding hydrogens is 248 g/mol. The number of nitrogens with zero attached hydrogens (tertiary/aromatic N) is 2. The van der Waals surface area contributed by atoms with E-state index in [1.807, 2.05) is 49.8 Å². The Morgan fingerprint density at radius 1 is 1.15 bits per heavy atom. The molecule has 0 aliphatic carbocycles. The Morgan fingerprint density at radius 3 is 2.80 bits per heavy atom. The van der Waals surface area contributed by atoms with Gasteiger partial charge in [0.1, 0.15) is 0 Å². The molecule has 0 saturated carbocycles. The van der Waals surface area contributed by atoms with Crippen molar-refractivity contribution in [1.29, 1.82) is 0 Å². The highest BCUT2D eigenvalue weighted by Gasteiger charge is 2.15. The summed E-state index contributed by atoms with van der Waals surface area (Å²) in [6, 6.07) is 12.0. The maximum atomic E-state index is 5.78. The molecule has 3 N–H and O–H groups in total. The second-order valence-corrected chi connectivity index (χ2v) is 4.81. The van der Waals surface area contributed by atoms with E-state index in [0.29, 0.717) is 0 Å². The molecule has 0 radical (unpaired) electrons. The lowest BCUT2D eigenvalue weighted by molar-refractivity contribution is 0.638. The summed E-state index contributed by atoms with van der Waals surface area (Å²) >= 11 is 0. The predicted molar refractivity (Wildman–Crippen MR) is 79.9 cm³/mol. The molecule has 0 aliphatic heterocycles. The number of hydrogen-bond acceptors (Lipinski definition) is 4. The number of para-hydroxylation sites is 1. The molecule has 100 valence electrons. The minimum Gasteiger partial charge on any atom is -0.271 e. The van der Waals surface area contributed by atoms with Gasteiger partial charge in [0.15, 0.2) is 0 Å². The van der Waals surface area contributed by atoms with Crippen LogP contribution in [0, 0.1) is 6.92 Å². The van der Waals surface area contributed by atoms with E-state index >= 15 is 0 Å². The summed E-state index contributed by atoms with van der Waals surface area (Å²) < 4.78 is 0. The lowest BCUT2D eigenvalue weighted by Crippen LogP contribution is -2.29. The maximum absolute atomic E-state index is 5.78. The van der Waals surface area contributed by atoms with Gasteiger partial charge in [-0.1, -0.05) is 24.3 Å². The largest absolute Gasteiger partial charge is 0.271 e. The zero-order valence-electron chi connectivity index (χ0n) is 11.2. The highest BCUT2D eigenvalue weighted by Crippen LogP contribution is 2.27. The normalized spacial score (nSPS) is 12.5. The average Bonchev–Trinajstić information content (AvgIpc) is 2.48. The molecule has 20 heavy (non-hydrogen) atoms. The van der Waals surface area contributed by atoms with Crippen LogP contribution in [0.4, 0.5) is 0 Å². The SMILES string of the molecule is Cc1cncc(C(NN)c2ccnc3ccccc23)c1. The van der Waals surface area contributed by atoms with Crippen LogP contribution in [0.2, 0.25) is 0 Å². The Morgan fingerprint density at radius 2 is 2.00 bits per heavy atom. The smallest absolute Gasteiger partial charge is 0.0732 e. The van der Waals surface area contributed by atoms with Gasteiger partial charge in [-0.15, -0.1) is 0 Å². The Bertz CT molecular complexity index is 734. The summed E-state index contributed by atoms with van der Waals surface area (Å²) in [6.07, 6.45) is 5.49. The number of nitrogens with one attached hydrogen (secondary N) is 1. The molecule has 3 rings (SSSR count). The van der Waals surface area contributed by atoms with Crippen molar-refractivity contribution in [1.82, 2.24) is 15.4 Å². The molecule has 1 unspecified atom stereocenters. The van der Waals surface area contributed by atoms with Gasteiger partial charge in [-0.3, -0.25) is 15.8 Å². The van der Waals surface area contributed by atoms with E-state index in [0.717, 1.165) is 27.6 Å². The summed E-state index contributed by atoms with van der Waals surface area (Å²) in [4.78, 5) is 8.63. The quantitative estimate of drug-likeness (QED) is 0.563. The molecule has 3 aromatic rings. The Kier molecular flexibility index (Phi) is 3.41. The molecular formula is C16H16N4. The van der Waals surface area contributed by atoms with Crippen LogP contribution in [-0.2, 0) is 0 Å². The van der Waals surface area contributed by atoms with Crippen LogP contribution in [0.1, 0.15) is 22.7 Å². The van der Waals surface area contributed by atoms with Crippen molar-refractivity contribution in [3.63, 3.8) is 0 Å². The number of rotatable bonds is 3. The predicted octanol–water partition coefficient (Wildman–Crippen LogP) is 2.49. The van der Waals surface area contributed by atoms with Gasteiger partial charge in [0, 0.05) is 24.0 Å². The van der Waals surface area contributed by atoms with E-state index in [4.69, 9.17) is 5.84 Å². The highest BCUT2D eigenvalue weighted by molar-refractivity contribution is 5.82. The number of hydrogen-bond donors (Lipinski definition) is 2. The summed E-state index contributed by atoms with van der Waals surface area (Å²) in [7, 11) is 0. The number of benzene rings is 1. The van der Waals surface area contributed by atoms with Gasteiger partial charge >= 0.3 is 0 Å². The van der Waals surface area contributed by atoms with Crippen LogP contribution in [0.3, 0.4) is 0 Å². The number of aromatic nitrogens is 2. The summed E-state index contributed by atoms with van der Waals surface area (Å²) in [5.41, 5.74) is 7.11. The third kappa shape index (κ3) is 2.27. The molecule has 0 spiro atoms. The van der Waals surface area contributed by atoms with E-state index in [1.54, 1.807) is 0 Å². The molecule has 2 heterocycles. The average molecular weight is 264 g/mol. The zero-order valence-corrected chi connectivity index (χ0v) is 11.2. The lowest BCUT2D eigenvalue weighted by atomic mass is 9.97. The summed E-state index contributed by atoms with van der Waals surface area (Å²) in [5.74, 6) is 5.78. The fourth-order valence-electron chi connectivity index (χ4n) is 2.47. The Hall–Kier alpha value is -2.30. The number of fused-ring (bicyclic) bond motifs is 1. The van der Waals surface area contributed by atoms with E-state index in [-0.39, 0.29) is 6.04 Å². The molecule has 0 bridgehead atoms. The highest BCUT2D eigenvalue weighted by atomic mass is 15.2. The van der Waals surface area contributed by atoms with E-state index in [1.165, 1.54) is 0 Å². The zero-order chi connectivity index (χ0) is 13.9. The standard InChI is InChI=1S/C16H16N4/c1-11-8-12(10-18-9-11)16(20-17)14-6-7-19-15-5-3-2-4-13(14)15/h2-10,16,20H,17H2,1H3. The van der Waals surface area contributed by atoms with Crippen LogP contribution in [-0.4, -0.2) is 9.97 Å². The fraction of sp³-hybridized carbons (Fsp3) is 0.125. The van der Waals surface area contributed by atoms with Crippen molar-refractivity contribution in [2.45, 2.75) is 13.0 Å². The maximum Gasteiger partial charge on any atom is 0.0732 e. The molecule has 0 fully saturated rings. The number of aryl methyl sites for hydroxylation is 1. The van der Waals surface area contributed by atoms with Crippen LogP contribution < -0.4 is 11.3 Å². The number of hydrazine groups is 1. The second kappa shape index (κ2) is 5.36. The van der Waals surface area contributed by atoms with Gasteiger partial charge in [-0.05, 0) is 35.7 Å². The van der Waals surface area contributed by atoms with E-state index in [2.05, 4.69) is 27.5 Å². The van der Waals surface area contributed by atoms with Gasteiger partial charge in [-0.25, -0.2) is 5.43 Å². The van der Waals surface area contributed by atoms with Crippen molar-refractivity contribution in [3.05, 3.63) is 71.7 Å². The van der Waals surface area contributed by atoms with Gasteiger partial charge in [-0.2, -0.15) is 0 Å². The van der Waals surface area contributed by atoms with Gasteiger partial charge in [0.2, 0.25) is 0 Å². The van der Waals surface area contributed by atoms with Crippen molar-refractivity contribution < 1.29 is 0 Å². The molecule has 4 heteroatoms. The molecule has 2 aromatic heterocycles. The minimum absolute atomic E-state index is 0.102. The topological polar surface area (TPSA) is 63.8 Å². The van der Waals surface area contributed by atoms with Crippen LogP contribution in [0.5, 0.6) is 0 Å². The Labute approximate surface area is 117 Å². The minimum atomic E-state index is -0.102. The van der Waals surface area contributed by atoms with Crippen molar-refractivity contribution in [2.75, 3.05) is 0 Å².